The monoisotopic (exact) mass is 321 g/mol. The van der Waals surface area contributed by atoms with E-state index >= 15 is 0 Å². The highest BCUT2D eigenvalue weighted by Crippen LogP contribution is 2.27. The van der Waals surface area contributed by atoms with Gasteiger partial charge in [-0.25, -0.2) is 0 Å². The number of hydrogen-bond donors (Lipinski definition) is 3. The number of benzene rings is 1. The molecule has 0 amide bonds. The second-order valence-electron chi connectivity index (χ2n) is 4.64. The van der Waals surface area contributed by atoms with E-state index in [0.717, 1.165) is 12.8 Å². The molecule has 0 aliphatic heterocycles. The Bertz CT molecular complexity index is 404. The maximum atomic E-state index is 9.77. The summed E-state index contributed by atoms with van der Waals surface area (Å²) < 4.78 is 5.42. The molecule has 0 fully saturated rings. The van der Waals surface area contributed by atoms with Crippen molar-refractivity contribution in [3.8, 4) is 5.75 Å². The Morgan fingerprint density at radius 3 is 2.60 bits per heavy atom. The second kappa shape index (κ2) is 9.42. The summed E-state index contributed by atoms with van der Waals surface area (Å²) in [5.74, 6) is 0.448. The molecule has 0 saturated carbocycles. The molecule has 0 spiro atoms. The Hall–Kier alpha value is -0.520. The van der Waals surface area contributed by atoms with E-state index in [2.05, 4.69) is 5.32 Å². The highest BCUT2D eigenvalue weighted by Gasteiger charge is 2.09. The molecule has 0 bridgehead atoms. The van der Waals surface area contributed by atoms with Crippen LogP contribution in [0.5, 0.6) is 5.75 Å². The number of rotatable bonds is 9. The first-order valence-corrected chi connectivity index (χ1v) is 7.43. The zero-order valence-corrected chi connectivity index (χ0v) is 13.0. The molecule has 3 N–H and O–H groups in total. The van der Waals surface area contributed by atoms with Crippen molar-refractivity contribution in [3.05, 3.63) is 28.2 Å². The summed E-state index contributed by atoms with van der Waals surface area (Å²) >= 11 is 11.8. The maximum absolute atomic E-state index is 9.77. The summed E-state index contributed by atoms with van der Waals surface area (Å²) in [5.41, 5.74) is 0. The summed E-state index contributed by atoms with van der Waals surface area (Å²) in [6.45, 7) is 2.93. The van der Waals surface area contributed by atoms with Gasteiger partial charge in [-0.1, -0.05) is 36.5 Å². The van der Waals surface area contributed by atoms with Gasteiger partial charge in [-0.2, -0.15) is 0 Å². The molecule has 1 aromatic rings. The van der Waals surface area contributed by atoms with Gasteiger partial charge in [0.15, 0.2) is 0 Å². The van der Waals surface area contributed by atoms with Crippen molar-refractivity contribution in [2.45, 2.75) is 32.0 Å². The number of nitrogens with one attached hydrogen (secondary N) is 1. The van der Waals surface area contributed by atoms with Gasteiger partial charge in [-0.3, -0.25) is 0 Å². The van der Waals surface area contributed by atoms with Crippen LogP contribution in [0.1, 0.15) is 19.8 Å². The first-order chi connectivity index (χ1) is 9.52. The lowest BCUT2D eigenvalue weighted by Gasteiger charge is -2.15. The van der Waals surface area contributed by atoms with Crippen LogP contribution >= 0.6 is 23.2 Å². The van der Waals surface area contributed by atoms with Crippen LogP contribution < -0.4 is 10.1 Å². The molecule has 114 valence electrons. The second-order valence-corrected chi connectivity index (χ2v) is 5.48. The third-order valence-electron chi connectivity index (χ3n) is 2.71. The molecular formula is C14H21Cl2NO3. The minimum Gasteiger partial charge on any atom is -0.489 e. The van der Waals surface area contributed by atoms with Crippen molar-refractivity contribution in [3.63, 3.8) is 0 Å². The van der Waals surface area contributed by atoms with Crippen molar-refractivity contribution >= 4 is 23.2 Å². The van der Waals surface area contributed by atoms with Crippen molar-refractivity contribution in [2.75, 3.05) is 19.7 Å². The van der Waals surface area contributed by atoms with Gasteiger partial charge in [0.05, 0.1) is 11.1 Å². The first kappa shape index (κ1) is 17.5. The van der Waals surface area contributed by atoms with Gasteiger partial charge in [0.1, 0.15) is 18.5 Å². The molecule has 6 heteroatoms. The van der Waals surface area contributed by atoms with Gasteiger partial charge in [0, 0.05) is 24.2 Å². The highest BCUT2D eigenvalue weighted by molar-refractivity contribution is 6.34. The quantitative estimate of drug-likeness (QED) is 0.654. The van der Waals surface area contributed by atoms with Crippen LogP contribution in [-0.4, -0.2) is 42.1 Å². The van der Waals surface area contributed by atoms with E-state index in [1.54, 1.807) is 18.2 Å². The highest BCUT2D eigenvalue weighted by atomic mass is 35.5. The van der Waals surface area contributed by atoms with E-state index in [0.29, 0.717) is 28.9 Å². The summed E-state index contributed by atoms with van der Waals surface area (Å²) in [6, 6.07) is 4.92. The lowest BCUT2D eigenvalue weighted by atomic mass is 10.2. The van der Waals surface area contributed by atoms with E-state index < -0.39 is 6.10 Å². The van der Waals surface area contributed by atoms with Gasteiger partial charge in [-0.15, -0.1) is 0 Å². The van der Waals surface area contributed by atoms with Gasteiger partial charge >= 0.3 is 0 Å². The third kappa shape index (κ3) is 6.77. The lowest BCUT2D eigenvalue weighted by molar-refractivity contribution is 0.0985. The minimum atomic E-state index is -0.682. The molecule has 1 aromatic carbocycles. The predicted molar refractivity (Wildman–Crippen MR) is 81.7 cm³/mol. The Morgan fingerprint density at radius 2 is 1.90 bits per heavy atom. The molecule has 2 unspecified atom stereocenters. The molecule has 20 heavy (non-hydrogen) atoms. The predicted octanol–water partition coefficient (Wildman–Crippen LogP) is 2.48. The van der Waals surface area contributed by atoms with E-state index in [-0.39, 0.29) is 12.7 Å². The average Bonchev–Trinajstić information content (AvgIpc) is 2.40. The molecule has 0 aromatic heterocycles. The molecule has 0 aliphatic rings. The Morgan fingerprint density at radius 1 is 1.20 bits per heavy atom. The zero-order valence-electron chi connectivity index (χ0n) is 11.5. The van der Waals surface area contributed by atoms with E-state index in [1.807, 2.05) is 6.92 Å². The topological polar surface area (TPSA) is 61.7 Å². The Balaban J connectivity index is 2.26. The van der Waals surface area contributed by atoms with E-state index in [4.69, 9.17) is 27.9 Å². The summed E-state index contributed by atoms with van der Waals surface area (Å²) in [7, 11) is 0. The fourth-order valence-electron chi connectivity index (χ4n) is 1.68. The normalized spacial score (nSPS) is 14.1. The molecule has 2 atom stereocenters. The van der Waals surface area contributed by atoms with Crippen LogP contribution in [0.3, 0.4) is 0 Å². The van der Waals surface area contributed by atoms with E-state index in [9.17, 15) is 10.2 Å². The zero-order chi connectivity index (χ0) is 15.0. The van der Waals surface area contributed by atoms with Crippen LogP contribution in [-0.2, 0) is 0 Å². The summed E-state index contributed by atoms with van der Waals surface area (Å²) in [6.07, 6.45) is 0.619. The average molecular weight is 322 g/mol. The van der Waals surface area contributed by atoms with Gasteiger partial charge in [0.2, 0.25) is 0 Å². The SMILES string of the molecule is CCCC(O)CNCC(O)COc1cc(Cl)ccc1Cl. The Kier molecular flexibility index (Phi) is 8.26. The molecule has 0 radical (unpaired) electrons. The van der Waals surface area contributed by atoms with Gasteiger partial charge in [-0.05, 0) is 18.6 Å². The van der Waals surface area contributed by atoms with Crippen LogP contribution in [0.4, 0.5) is 0 Å². The van der Waals surface area contributed by atoms with Gasteiger partial charge in [0.25, 0.3) is 0 Å². The fraction of sp³-hybridized carbons (Fsp3) is 0.571. The van der Waals surface area contributed by atoms with Crippen molar-refractivity contribution in [2.24, 2.45) is 0 Å². The molecule has 0 aliphatic carbocycles. The fourth-order valence-corrected chi connectivity index (χ4v) is 2.02. The van der Waals surface area contributed by atoms with Crippen molar-refractivity contribution in [1.82, 2.24) is 5.32 Å². The maximum Gasteiger partial charge on any atom is 0.139 e. The third-order valence-corrected chi connectivity index (χ3v) is 3.25. The number of hydrogen-bond acceptors (Lipinski definition) is 4. The molecule has 1 rings (SSSR count). The number of aliphatic hydroxyl groups is 2. The lowest BCUT2D eigenvalue weighted by Crippen LogP contribution is -2.35. The van der Waals surface area contributed by atoms with Crippen LogP contribution in [0, 0.1) is 0 Å². The minimum absolute atomic E-state index is 0.108. The van der Waals surface area contributed by atoms with Crippen LogP contribution in [0.15, 0.2) is 18.2 Å². The molecule has 4 nitrogen and oxygen atoms in total. The Labute approximate surface area is 129 Å². The van der Waals surface area contributed by atoms with Crippen LogP contribution in [0.2, 0.25) is 10.0 Å². The largest absolute Gasteiger partial charge is 0.489 e. The summed E-state index contributed by atoms with van der Waals surface area (Å²) in [4.78, 5) is 0. The molecule has 0 heterocycles. The first-order valence-electron chi connectivity index (χ1n) is 6.67. The molecule has 0 saturated heterocycles. The van der Waals surface area contributed by atoms with Crippen molar-refractivity contribution in [1.29, 1.82) is 0 Å². The van der Waals surface area contributed by atoms with Crippen molar-refractivity contribution < 1.29 is 14.9 Å². The standard InChI is InChI=1S/C14H21Cl2NO3/c1-2-3-11(18)7-17-8-12(19)9-20-14-6-10(15)4-5-13(14)16/h4-6,11-12,17-19H,2-3,7-9H2,1H3. The smallest absolute Gasteiger partial charge is 0.139 e. The number of aliphatic hydroxyl groups excluding tert-OH is 2. The van der Waals surface area contributed by atoms with Crippen LogP contribution in [0.25, 0.3) is 0 Å². The summed E-state index contributed by atoms with van der Waals surface area (Å²) in [5, 5.41) is 23.3. The number of ether oxygens (including phenoxy) is 1. The van der Waals surface area contributed by atoms with E-state index in [1.165, 1.54) is 0 Å². The van der Waals surface area contributed by atoms with Gasteiger partial charge < -0.3 is 20.3 Å². The number of halogens is 2. The molecular weight excluding hydrogens is 301 g/mol.